The van der Waals surface area contributed by atoms with Crippen LogP contribution in [0.1, 0.15) is 17.3 Å². The molecule has 0 bridgehead atoms. The van der Waals surface area contributed by atoms with Gasteiger partial charge in [0.25, 0.3) is 0 Å². The topological polar surface area (TPSA) is 43.1 Å². The van der Waals surface area contributed by atoms with E-state index < -0.39 is 0 Å². The number of rotatable bonds is 1. The zero-order valence-corrected chi connectivity index (χ0v) is 9.26. The summed E-state index contributed by atoms with van der Waals surface area (Å²) < 4.78 is 0. The van der Waals surface area contributed by atoms with E-state index in [9.17, 15) is 4.79 Å². The molecule has 0 saturated carbocycles. The highest BCUT2D eigenvalue weighted by atomic mass is 16.1. The number of hydrogen-bond acceptors (Lipinski definition) is 2. The molecule has 2 aromatic rings. The molecular formula is C14H15NO. The summed E-state index contributed by atoms with van der Waals surface area (Å²) in [4.78, 5) is 10.6. The minimum atomic E-state index is 0.121. The molecule has 0 spiro atoms. The summed E-state index contributed by atoms with van der Waals surface area (Å²) >= 11 is 0. The van der Waals surface area contributed by atoms with E-state index in [1.165, 1.54) is 0 Å². The lowest BCUT2D eigenvalue weighted by atomic mass is 10.2. The van der Waals surface area contributed by atoms with Crippen LogP contribution in [0.4, 0.5) is 5.69 Å². The van der Waals surface area contributed by atoms with Gasteiger partial charge in [-0.15, -0.1) is 0 Å². The van der Waals surface area contributed by atoms with Gasteiger partial charge in [0.15, 0.2) is 5.78 Å². The van der Waals surface area contributed by atoms with Gasteiger partial charge in [-0.3, -0.25) is 4.79 Å². The number of Topliss-reactive ketones (excluding diaryl/α,β-unsaturated/α-hetero) is 1. The van der Waals surface area contributed by atoms with E-state index in [4.69, 9.17) is 5.73 Å². The molecule has 2 nitrogen and oxygen atoms in total. The lowest BCUT2D eigenvalue weighted by Gasteiger charge is -1.89. The Morgan fingerprint density at radius 2 is 1.31 bits per heavy atom. The van der Waals surface area contributed by atoms with E-state index in [0.717, 1.165) is 11.3 Å². The largest absolute Gasteiger partial charge is 0.399 e. The normalized spacial score (nSPS) is 8.81. The molecule has 0 fully saturated rings. The highest BCUT2D eigenvalue weighted by Crippen LogP contribution is 1.97. The zero-order valence-electron chi connectivity index (χ0n) is 9.26. The van der Waals surface area contributed by atoms with Crippen LogP contribution in [0, 0.1) is 0 Å². The predicted molar refractivity (Wildman–Crippen MR) is 67.3 cm³/mol. The summed E-state index contributed by atoms with van der Waals surface area (Å²) in [6, 6.07) is 18.7. The standard InChI is InChI=1S/C8H8O.C6H7N/c1-7(9)8-5-3-2-4-6-8;7-6-4-2-1-3-5-6/h2-6H,1H3;1-5H,7H2. The number of ketones is 1. The number of hydrogen-bond donors (Lipinski definition) is 1. The summed E-state index contributed by atoms with van der Waals surface area (Å²) in [7, 11) is 0. The molecule has 0 atom stereocenters. The van der Waals surface area contributed by atoms with Crippen molar-refractivity contribution in [1.29, 1.82) is 0 Å². The van der Waals surface area contributed by atoms with Crippen molar-refractivity contribution in [2.24, 2.45) is 0 Å². The number of carbonyl (C=O) groups is 1. The summed E-state index contributed by atoms with van der Waals surface area (Å²) in [5.74, 6) is 0.121. The van der Waals surface area contributed by atoms with Crippen molar-refractivity contribution in [3.05, 3.63) is 66.2 Å². The van der Waals surface area contributed by atoms with E-state index in [0.29, 0.717) is 0 Å². The van der Waals surface area contributed by atoms with Gasteiger partial charge in [-0.05, 0) is 19.1 Å². The minimum absolute atomic E-state index is 0.121. The van der Waals surface area contributed by atoms with E-state index >= 15 is 0 Å². The molecule has 0 saturated heterocycles. The molecule has 2 rings (SSSR count). The zero-order chi connectivity index (χ0) is 11.8. The molecule has 0 aromatic heterocycles. The lowest BCUT2D eigenvalue weighted by Crippen LogP contribution is -1.88. The number of carbonyl (C=O) groups excluding carboxylic acids is 1. The van der Waals surface area contributed by atoms with Crippen molar-refractivity contribution in [1.82, 2.24) is 0 Å². The monoisotopic (exact) mass is 213 g/mol. The molecular weight excluding hydrogens is 198 g/mol. The van der Waals surface area contributed by atoms with Gasteiger partial charge in [-0.2, -0.15) is 0 Å². The van der Waals surface area contributed by atoms with Gasteiger partial charge in [0, 0.05) is 11.3 Å². The van der Waals surface area contributed by atoms with Crippen molar-refractivity contribution in [3.8, 4) is 0 Å². The van der Waals surface area contributed by atoms with Crippen LogP contribution in [0.25, 0.3) is 0 Å². The first-order chi connectivity index (χ1) is 7.70. The molecule has 0 unspecified atom stereocenters. The fourth-order valence-corrected chi connectivity index (χ4v) is 1.13. The summed E-state index contributed by atoms with van der Waals surface area (Å²) in [5, 5.41) is 0. The Morgan fingerprint density at radius 3 is 1.56 bits per heavy atom. The molecule has 0 amide bonds. The second-order valence-electron chi connectivity index (χ2n) is 3.33. The fraction of sp³-hybridized carbons (Fsp3) is 0.0714. The fourth-order valence-electron chi connectivity index (χ4n) is 1.13. The van der Waals surface area contributed by atoms with E-state index in [1.54, 1.807) is 6.92 Å². The van der Waals surface area contributed by atoms with Crippen LogP contribution in [-0.2, 0) is 0 Å². The number of nitrogens with two attached hydrogens (primary N) is 1. The first-order valence-corrected chi connectivity index (χ1v) is 5.06. The van der Waals surface area contributed by atoms with E-state index in [1.807, 2.05) is 60.7 Å². The molecule has 0 radical (unpaired) electrons. The Bertz CT molecular complexity index is 423. The highest BCUT2D eigenvalue weighted by molar-refractivity contribution is 5.93. The third-order valence-corrected chi connectivity index (χ3v) is 1.98. The predicted octanol–water partition coefficient (Wildman–Crippen LogP) is 3.16. The Hall–Kier alpha value is -2.09. The van der Waals surface area contributed by atoms with Gasteiger partial charge in [0.1, 0.15) is 0 Å². The molecule has 0 heterocycles. The van der Waals surface area contributed by atoms with Crippen LogP contribution >= 0.6 is 0 Å². The molecule has 82 valence electrons. The molecule has 2 heteroatoms. The molecule has 2 aromatic carbocycles. The van der Waals surface area contributed by atoms with E-state index in [-0.39, 0.29) is 5.78 Å². The van der Waals surface area contributed by atoms with Crippen molar-refractivity contribution in [3.63, 3.8) is 0 Å². The second-order valence-corrected chi connectivity index (χ2v) is 3.33. The Morgan fingerprint density at radius 1 is 0.875 bits per heavy atom. The van der Waals surface area contributed by atoms with Crippen LogP contribution in [0.3, 0.4) is 0 Å². The lowest BCUT2D eigenvalue weighted by molar-refractivity contribution is 0.101. The number of anilines is 1. The first kappa shape index (κ1) is 12.0. The van der Waals surface area contributed by atoms with Gasteiger partial charge in [0.05, 0.1) is 0 Å². The molecule has 16 heavy (non-hydrogen) atoms. The maximum atomic E-state index is 10.6. The molecule has 2 N–H and O–H groups in total. The SMILES string of the molecule is CC(=O)c1ccccc1.Nc1ccccc1. The molecule has 0 aliphatic carbocycles. The molecule has 0 aliphatic heterocycles. The summed E-state index contributed by atoms with van der Waals surface area (Å²) in [6.45, 7) is 1.56. The highest BCUT2D eigenvalue weighted by Gasteiger charge is 1.92. The van der Waals surface area contributed by atoms with Gasteiger partial charge >= 0.3 is 0 Å². The van der Waals surface area contributed by atoms with Crippen molar-refractivity contribution < 1.29 is 4.79 Å². The van der Waals surface area contributed by atoms with Crippen molar-refractivity contribution in [2.75, 3.05) is 5.73 Å². The quantitative estimate of drug-likeness (QED) is 0.584. The third-order valence-electron chi connectivity index (χ3n) is 1.98. The van der Waals surface area contributed by atoms with Crippen LogP contribution in [0.2, 0.25) is 0 Å². The smallest absolute Gasteiger partial charge is 0.159 e. The number of para-hydroxylation sites is 1. The van der Waals surface area contributed by atoms with Crippen LogP contribution in [0.15, 0.2) is 60.7 Å². The van der Waals surface area contributed by atoms with Gasteiger partial charge in [-0.1, -0.05) is 48.5 Å². The summed E-state index contributed by atoms with van der Waals surface area (Å²) in [6.07, 6.45) is 0. The summed E-state index contributed by atoms with van der Waals surface area (Å²) in [5.41, 5.74) is 6.96. The number of benzene rings is 2. The third kappa shape index (κ3) is 4.42. The Balaban J connectivity index is 0.000000165. The van der Waals surface area contributed by atoms with Crippen LogP contribution in [0.5, 0.6) is 0 Å². The maximum Gasteiger partial charge on any atom is 0.159 e. The second kappa shape index (κ2) is 6.40. The van der Waals surface area contributed by atoms with Crippen molar-refractivity contribution in [2.45, 2.75) is 6.92 Å². The van der Waals surface area contributed by atoms with Crippen LogP contribution in [-0.4, -0.2) is 5.78 Å². The van der Waals surface area contributed by atoms with Gasteiger partial charge < -0.3 is 5.73 Å². The van der Waals surface area contributed by atoms with Gasteiger partial charge in [-0.25, -0.2) is 0 Å². The van der Waals surface area contributed by atoms with E-state index in [2.05, 4.69) is 0 Å². The Kier molecular flexibility index (Phi) is 4.80. The van der Waals surface area contributed by atoms with Crippen molar-refractivity contribution >= 4 is 11.5 Å². The maximum absolute atomic E-state index is 10.6. The average molecular weight is 213 g/mol. The molecule has 0 aliphatic rings. The van der Waals surface area contributed by atoms with Gasteiger partial charge in [0.2, 0.25) is 0 Å². The Labute approximate surface area is 95.7 Å². The minimum Gasteiger partial charge on any atom is -0.399 e. The number of nitrogen functional groups attached to an aromatic ring is 1. The first-order valence-electron chi connectivity index (χ1n) is 5.06. The van der Waals surface area contributed by atoms with Crippen LogP contribution < -0.4 is 5.73 Å². The average Bonchev–Trinajstić information content (AvgIpc) is 2.32.